The van der Waals surface area contributed by atoms with Gasteiger partial charge in [0.1, 0.15) is 17.9 Å². The van der Waals surface area contributed by atoms with Crippen LogP contribution >= 0.6 is 0 Å². The number of hydrogen-bond acceptors (Lipinski definition) is 8. The molecule has 0 atom stereocenters. The summed E-state index contributed by atoms with van der Waals surface area (Å²) in [5.74, 6) is 2.67. The van der Waals surface area contributed by atoms with E-state index in [1.165, 1.54) is 6.33 Å². The molecule has 31 heavy (non-hydrogen) atoms. The minimum Gasteiger partial charge on any atom is -0.497 e. The summed E-state index contributed by atoms with van der Waals surface area (Å²) in [5.41, 5.74) is 9.96. The fourth-order valence-corrected chi connectivity index (χ4v) is 3.46. The Balaban J connectivity index is 2.00. The number of fused-ring (bicyclic) bond motifs is 1. The summed E-state index contributed by atoms with van der Waals surface area (Å²) in [6.45, 7) is 0. The number of aromatic nitrogens is 3. The summed E-state index contributed by atoms with van der Waals surface area (Å²) >= 11 is 0. The van der Waals surface area contributed by atoms with Crippen molar-refractivity contribution in [1.82, 2.24) is 15.0 Å². The van der Waals surface area contributed by atoms with E-state index < -0.39 is 0 Å². The van der Waals surface area contributed by atoms with Crippen LogP contribution in [-0.2, 0) is 0 Å². The second-order valence-electron chi connectivity index (χ2n) is 6.66. The Hall–Kier alpha value is -4.07. The molecule has 0 aliphatic rings. The van der Waals surface area contributed by atoms with Crippen molar-refractivity contribution in [3.63, 3.8) is 0 Å². The van der Waals surface area contributed by atoms with Gasteiger partial charge in [-0.1, -0.05) is 0 Å². The van der Waals surface area contributed by atoms with E-state index in [2.05, 4.69) is 9.97 Å². The highest BCUT2D eigenvalue weighted by Crippen LogP contribution is 2.43. The summed E-state index contributed by atoms with van der Waals surface area (Å²) in [6, 6.07) is 13.3. The molecule has 0 amide bonds. The zero-order valence-corrected chi connectivity index (χ0v) is 17.7. The molecule has 0 bridgehead atoms. The molecule has 0 saturated heterocycles. The molecule has 0 fully saturated rings. The molecule has 8 nitrogen and oxygen atoms in total. The Morgan fingerprint density at radius 1 is 0.742 bits per heavy atom. The number of benzene rings is 2. The Morgan fingerprint density at radius 2 is 1.42 bits per heavy atom. The third kappa shape index (κ3) is 3.63. The lowest BCUT2D eigenvalue weighted by Gasteiger charge is -2.16. The topological polar surface area (TPSA) is 102 Å². The first-order valence-electron chi connectivity index (χ1n) is 9.45. The minimum atomic E-state index is 0.336. The van der Waals surface area contributed by atoms with Crippen LogP contribution in [0.15, 0.2) is 48.8 Å². The third-order valence-corrected chi connectivity index (χ3v) is 4.99. The molecular weight excluding hydrogens is 396 g/mol. The quantitative estimate of drug-likeness (QED) is 0.502. The normalized spacial score (nSPS) is 10.7. The van der Waals surface area contributed by atoms with Crippen LogP contribution in [0.3, 0.4) is 0 Å². The van der Waals surface area contributed by atoms with Crippen LogP contribution in [-0.4, -0.2) is 43.4 Å². The molecule has 0 aliphatic carbocycles. The fraction of sp³-hybridized carbons (Fsp3) is 0.174. The Labute approximate surface area is 179 Å². The van der Waals surface area contributed by atoms with Crippen LogP contribution in [0, 0.1) is 0 Å². The van der Waals surface area contributed by atoms with Gasteiger partial charge in [-0.2, -0.15) is 0 Å². The van der Waals surface area contributed by atoms with Gasteiger partial charge in [0.25, 0.3) is 0 Å². The van der Waals surface area contributed by atoms with Crippen LogP contribution in [0.4, 0.5) is 5.82 Å². The maximum Gasteiger partial charge on any atom is 0.203 e. The van der Waals surface area contributed by atoms with Gasteiger partial charge >= 0.3 is 0 Å². The van der Waals surface area contributed by atoms with E-state index in [0.717, 1.165) is 28.1 Å². The maximum absolute atomic E-state index is 6.22. The number of nitrogens with zero attached hydrogens (tertiary/aromatic N) is 3. The van der Waals surface area contributed by atoms with Crippen molar-refractivity contribution in [2.75, 3.05) is 34.2 Å². The van der Waals surface area contributed by atoms with E-state index in [-0.39, 0.29) is 0 Å². The summed E-state index contributed by atoms with van der Waals surface area (Å²) < 4.78 is 21.8. The SMILES string of the molecule is COc1ccc(-c2cc(-c3cc(OC)c(OC)c(OC)c3)c3c(N)ncnc3n2)cc1. The van der Waals surface area contributed by atoms with Crippen molar-refractivity contribution in [2.45, 2.75) is 0 Å². The van der Waals surface area contributed by atoms with E-state index in [1.54, 1.807) is 28.4 Å². The van der Waals surface area contributed by atoms with Crippen molar-refractivity contribution < 1.29 is 18.9 Å². The van der Waals surface area contributed by atoms with Gasteiger partial charge in [-0.25, -0.2) is 15.0 Å². The lowest BCUT2D eigenvalue weighted by atomic mass is 9.99. The largest absolute Gasteiger partial charge is 0.497 e. The standard InChI is InChI=1S/C23H22N4O4/c1-28-15-7-5-13(6-8-15)17-11-16(20-22(24)25-12-26-23(20)27-17)14-9-18(29-2)21(31-4)19(10-14)30-3/h5-12H,1-4H3,(H2,24,25,26,27). The van der Waals surface area contributed by atoms with Gasteiger partial charge in [-0.15, -0.1) is 0 Å². The van der Waals surface area contributed by atoms with Gasteiger partial charge < -0.3 is 24.7 Å². The van der Waals surface area contributed by atoms with Crippen molar-refractivity contribution in [3.05, 3.63) is 48.8 Å². The van der Waals surface area contributed by atoms with Gasteiger partial charge in [0, 0.05) is 5.56 Å². The second-order valence-corrected chi connectivity index (χ2v) is 6.66. The molecule has 4 rings (SSSR count). The monoisotopic (exact) mass is 418 g/mol. The smallest absolute Gasteiger partial charge is 0.203 e. The van der Waals surface area contributed by atoms with Crippen molar-refractivity contribution in [3.8, 4) is 45.4 Å². The van der Waals surface area contributed by atoms with Gasteiger partial charge in [-0.05, 0) is 53.6 Å². The number of methoxy groups -OCH3 is 4. The van der Waals surface area contributed by atoms with Crippen molar-refractivity contribution in [1.29, 1.82) is 0 Å². The number of rotatable bonds is 6. The van der Waals surface area contributed by atoms with Gasteiger partial charge in [0.15, 0.2) is 17.1 Å². The Kier molecular flexibility index (Phi) is 5.44. The molecule has 0 radical (unpaired) electrons. The molecule has 2 aromatic carbocycles. The summed E-state index contributed by atoms with van der Waals surface area (Å²) in [6.07, 6.45) is 1.40. The molecule has 0 saturated carbocycles. The van der Waals surface area contributed by atoms with Crippen LogP contribution in [0.1, 0.15) is 0 Å². The van der Waals surface area contributed by atoms with Crippen LogP contribution in [0.2, 0.25) is 0 Å². The first kappa shape index (κ1) is 20.2. The summed E-state index contributed by atoms with van der Waals surface area (Å²) in [5, 5.41) is 0.647. The lowest BCUT2D eigenvalue weighted by Crippen LogP contribution is -2.00. The molecule has 0 spiro atoms. The fourth-order valence-electron chi connectivity index (χ4n) is 3.46. The van der Waals surface area contributed by atoms with Crippen LogP contribution in [0.25, 0.3) is 33.4 Å². The van der Waals surface area contributed by atoms with Gasteiger partial charge in [0.2, 0.25) is 5.75 Å². The molecule has 8 heteroatoms. The van der Waals surface area contributed by atoms with E-state index in [9.17, 15) is 0 Å². The molecule has 0 aliphatic heterocycles. The van der Waals surface area contributed by atoms with E-state index in [0.29, 0.717) is 34.1 Å². The second kappa shape index (κ2) is 8.35. The average molecular weight is 418 g/mol. The third-order valence-electron chi connectivity index (χ3n) is 4.99. The number of anilines is 1. The number of hydrogen-bond donors (Lipinski definition) is 1. The van der Waals surface area contributed by atoms with Gasteiger partial charge in [-0.3, -0.25) is 0 Å². The zero-order valence-electron chi connectivity index (χ0n) is 17.7. The van der Waals surface area contributed by atoms with Crippen LogP contribution < -0.4 is 24.7 Å². The zero-order chi connectivity index (χ0) is 22.0. The summed E-state index contributed by atoms with van der Waals surface area (Å²) in [4.78, 5) is 13.2. The van der Waals surface area contributed by atoms with Gasteiger partial charge in [0.05, 0.1) is 39.5 Å². The first-order chi connectivity index (χ1) is 15.1. The predicted octanol–water partition coefficient (Wildman–Crippen LogP) is 3.98. The molecule has 158 valence electrons. The van der Waals surface area contributed by atoms with Crippen molar-refractivity contribution in [2.24, 2.45) is 0 Å². The molecule has 2 N–H and O–H groups in total. The Morgan fingerprint density at radius 3 is 2.00 bits per heavy atom. The van der Waals surface area contributed by atoms with E-state index in [4.69, 9.17) is 29.7 Å². The van der Waals surface area contributed by atoms with E-state index >= 15 is 0 Å². The first-order valence-corrected chi connectivity index (χ1v) is 9.45. The molecule has 4 aromatic rings. The molecular formula is C23H22N4O4. The molecule has 2 aromatic heterocycles. The number of nitrogen functional groups attached to an aromatic ring is 1. The van der Waals surface area contributed by atoms with E-state index in [1.807, 2.05) is 42.5 Å². The lowest BCUT2D eigenvalue weighted by molar-refractivity contribution is 0.324. The number of nitrogens with two attached hydrogens (primary N) is 1. The van der Waals surface area contributed by atoms with Crippen LogP contribution in [0.5, 0.6) is 23.0 Å². The number of ether oxygens (including phenoxy) is 4. The highest BCUT2D eigenvalue weighted by Gasteiger charge is 2.19. The molecule has 0 unspecified atom stereocenters. The average Bonchev–Trinajstić information content (AvgIpc) is 2.82. The Bertz CT molecular complexity index is 1220. The molecule has 2 heterocycles. The predicted molar refractivity (Wildman–Crippen MR) is 119 cm³/mol. The summed E-state index contributed by atoms with van der Waals surface area (Å²) in [7, 11) is 6.35. The number of pyridine rings is 1. The highest BCUT2D eigenvalue weighted by molar-refractivity contribution is 6.01. The highest BCUT2D eigenvalue weighted by atomic mass is 16.5. The van der Waals surface area contributed by atoms with Crippen molar-refractivity contribution >= 4 is 16.9 Å². The maximum atomic E-state index is 6.22. The minimum absolute atomic E-state index is 0.336.